The van der Waals surface area contributed by atoms with E-state index in [1.807, 2.05) is 32.0 Å². The average molecular weight is 310 g/mol. The first-order valence-electron chi connectivity index (χ1n) is 7.48. The fourth-order valence-corrected chi connectivity index (χ4v) is 2.62. The lowest BCUT2D eigenvalue weighted by Gasteiger charge is -2.38. The Morgan fingerprint density at radius 3 is 2.48 bits per heavy atom. The highest BCUT2D eigenvalue weighted by molar-refractivity contribution is 5.98. The van der Waals surface area contributed by atoms with Gasteiger partial charge in [0.25, 0.3) is 5.91 Å². The highest BCUT2D eigenvalue weighted by atomic mass is 16.2. The molecule has 1 aliphatic heterocycles. The standard InChI is InChI=1S/C17H18N4O2/c1-11-4-3-5-12(2)15(11)20-16(22)13-9-21(10-13)17(23)14-8-18-6-7-19-14/h3-8,13H,9-10H2,1-2H3,(H,20,22). The molecule has 1 aromatic carbocycles. The SMILES string of the molecule is Cc1cccc(C)c1NC(=O)C1CN(C(=O)c2cnccn2)C1. The van der Waals surface area contributed by atoms with E-state index < -0.39 is 0 Å². The third-order valence-electron chi connectivity index (χ3n) is 4.05. The maximum absolute atomic E-state index is 12.3. The van der Waals surface area contributed by atoms with Crippen LogP contribution in [0.15, 0.2) is 36.8 Å². The number of amides is 2. The van der Waals surface area contributed by atoms with Gasteiger partial charge >= 0.3 is 0 Å². The summed E-state index contributed by atoms with van der Waals surface area (Å²) in [6.45, 7) is 4.75. The maximum Gasteiger partial charge on any atom is 0.274 e. The van der Waals surface area contributed by atoms with E-state index in [1.54, 1.807) is 4.90 Å². The van der Waals surface area contributed by atoms with Crippen LogP contribution in [-0.2, 0) is 4.79 Å². The van der Waals surface area contributed by atoms with Crippen molar-refractivity contribution in [3.8, 4) is 0 Å². The quantitative estimate of drug-likeness (QED) is 0.938. The van der Waals surface area contributed by atoms with Crippen LogP contribution >= 0.6 is 0 Å². The van der Waals surface area contributed by atoms with Crippen LogP contribution in [0.1, 0.15) is 21.6 Å². The molecule has 1 saturated heterocycles. The molecular weight excluding hydrogens is 292 g/mol. The van der Waals surface area contributed by atoms with Crippen LogP contribution < -0.4 is 5.32 Å². The molecule has 2 amide bonds. The summed E-state index contributed by atoms with van der Waals surface area (Å²) in [6, 6.07) is 5.89. The first-order valence-corrected chi connectivity index (χ1v) is 7.48. The summed E-state index contributed by atoms with van der Waals surface area (Å²) >= 11 is 0. The van der Waals surface area contributed by atoms with Crippen molar-refractivity contribution in [2.45, 2.75) is 13.8 Å². The summed E-state index contributed by atoms with van der Waals surface area (Å²) in [4.78, 5) is 34.0. The number of carbonyl (C=O) groups is 2. The van der Waals surface area contributed by atoms with Crippen molar-refractivity contribution in [2.75, 3.05) is 18.4 Å². The van der Waals surface area contributed by atoms with Crippen molar-refractivity contribution < 1.29 is 9.59 Å². The summed E-state index contributed by atoms with van der Waals surface area (Å²) in [7, 11) is 0. The molecule has 0 atom stereocenters. The first-order chi connectivity index (χ1) is 11.1. The Hall–Kier alpha value is -2.76. The van der Waals surface area contributed by atoms with Gasteiger partial charge in [0, 0.05) is 31.2 Å². The zero-order valence-corrected chi connectivity index (χ0v) is 13.1. The van der Waals surface area contributed by atoms with Gasteiger partial charge in [0.1, 0.15) is 5.69 Å². The van der Waals surface area contributed by atoms with Crippen LogP contribution in [0.3, 0.4) is 0 Å². The molecule has 6 nitrogen and oxygen atoms in total. The second kappa shape index (κ2) is 6.16. The maximum atomic E-state index is 12.3. The number of rotatable bonds is 3. The van der Waals surface area contributed by atoms with Crippen LogP contribution in [0.4, 0.5) is 5.69 Å². The summed E-state index contributed by atoms with van der Waals surface area (Å²) in [5.74, 6) is -0.422. The molecule has 2 aromatic rings. The van der Waals surface area contributed by atoms with E-state index in [4.69, 9.17) is 0 Å². The Labute approximate surface area is 134 Å². The fraction of sp³-hybridized carbons (Fsp3) is 0.294. The number of para-hydroxylation sites is 1. The van der Waals surface area contributed by atoms with Gasteiger partial charge in [-0.1, -0.05) is 18.2 Å². The van der Waals surface area contributed by atoms with E-state index in [0.29, 0.717) is 18.8 Å². The number of carbonyl (C=O) groups excluding carboxylic acids is 2. The molecular formula is C17H18N4O2. The van der Waals surface area contributed by atoms with Gasteiger partial charge in [-0.15, -0.1) is 0 Å². The Balaban J connectivity index is 1.59. The van der Waals surface area contributed by atoms with E-state index in [-0.39, 0.29) is 17.7 Å². The van der Waals surface area contributed by atoms with Gasteiger partial charge in [0.2, 0.25) is 5.91 Å². The zero-order valence-electron chi connectivity index (χ0n) is 13.1. The third-order valence-corrected chi connectivity index (χ3v) is 4.05. The lowest BCUT2D eigenvalue weighted by atomic mass is 9.98. The highest BCUT2D eigenvalue weighted by Crippen LogP contribution is 2.23. The van der Waals surface area contributed by atoms with E-state index >= 15 is 0 Å². The minimum absolute atomic E-state index is 0.0504. The van der Waals surface area contributed by atoms with Crippen LogP contribution in [0.5, 0.6) is 0 Å². The zero-order chi connectivity index (χ0) is 16.4. The number of aryl methyl sites for hydroxylation is 2. The summed E-state index contributed by atoms with van der Waals surface area (Å²) in [5.41, 5.74) is 3.23. The van der Waals surface area contributed by atoms with E-state index in [1.165, 1.54) is 18.6 Å². The molecule has 1 aromatic heterocycles. The minimum atomic E-state index is -0.186. The van der Waals surface area contributed by atoms with Crippen molar-refractivity contribution >= 4 is 17.5 Å². The van der Waals surface area contributed by atoms with Crippen LogP contribution in [0.2, 0.25) is 0 Å². The van der Waals surface area contributed by atoms with Gasteiger partial charge < -0.3 is 10.2 Å². The van der Waals surface area contributed by atoms with Crippen molar-refractivity contribution in [2.24, 2.45) is 5.92 Å². The van der Waals surface area contributed by atoms with Crippen molar-refractivity contribution in [1.82, 2.24) is 14.9 Å². The second-order valence-corrected chi connectivity index (χ2v) is 5.75. The number of nitrogens with one attached hydrogen (secondary N) is 1. The Bertz CT molecular complexity index is 719. The number of benzene rings is 1. The Kier molecular flexibility index (Phi) is 4.06. The first kappa shape index (κ1) is 15.1. The molecule has 1 fully saturated rings. The van der Waals surface area contributed by atoms with Crippen LogP contribution in [-0.4, -0.2) is 39.8 Å². The molecule has 0 radical (unpaired) electrons. The van der Waals surface area contributed by atoms with Gasteiger partial charge in [-0.3, -0.25) is 14.6 Å². The smallest absolute Gasteiger partial charge is 0.274 e. The van der Waals surface area contributed by atoms with Crippen LogP contribution in [0, 0.1) is 19.8 Å². The summed E-state index contributed by atoms with van der Waals surface area (Å²) < 4.78 is 0. The van der Waals surface area contributed by atoms with Crippen molar-refractivity contribution in [3.05, 3.63) is 53.6 Å². The molecule has 118 valence electrons. The van der Waals surface area contributed by atoms with E-state index in [0.717, 1.165) is 16.8 Å². The topological polar surface area (TPSA) is 75.2 Å². The van der Waals surface area contributed by atoms with Crippen molar-refractivity contribution in [3.63, 3.8) is 0 Å². The number of hydrogen-bond acceptors (Lipinski definition) is 4. The predicted molar refractivity (Wildman–Crippen MR) is 86.0 cm³/mol. The van der Waals surface area contributed by atoms with Crippen LogP contribution in [0.25, 0.3) is 0 Å². The molecule has 0 spiro atoms. The predicted octanol–water partition coefficient (Wildman–Crippen LogP) is 1.80. The van der Waals surface area contributed by atoms with E-state index in [2.05, 4.69) is 15.3 Å². The third kappa shape index (κ3) is 3.06. The lowest BCUT2D eigenvalue weighted by Crippen LogP contribution is -2.54. The molecule has 1 aliphatic rings. The molecule has 0 bridgehead atoms. The monoisotopic (exact) mass is 310 g/mol. The number of aromatic nitrogens is 2. The normalized spacial score (nSPS) is 14.3. The largest absolute Gasteiger partial charge is 0.336 e. The minimum Gasteiger partial charge on any atom is -0.336 e. The fourth-order valence-electron chi connectivity index (χ4n) is 2.62. The van der Waals surface area contributed by atoms with Gasteiger partial charge in [0.05, 0.1) is 12.1 Å². The summed E-state index contributed by atoms with van der Waals surface area (Å²) in [6.07, 6.45) is 4.44. The van der Waals surface area contributed by atoms with Gasteiger partial charge in [0.15, 0.2) is 0 Å². The molecule has 6 heteroatoms. The molecule has 23 heavy (non-hydrogen) atoms. The Morgan fingerprint density at radius 1 is 1.17 bits per heavy atom. The Morgan fingerprint density at radius 2 is 1.87 bits per heavy atom. The summed E-state index contributed by atoms with van der Waals surface area (Å²) in [5, 5.41) is 2.97. The molecule has 2 heterocycles. The molecule has 0 unspecified atom stereocenters. The number of nitrogens with zero attached hydrogens (tertiary/aromatic N) is 3. The molecule has 1 N–H and O–H groups in total. The highest BCUT2D eigenvalue weighted by Gasteiger charge is 2.36. The van der Waals surface area contributed by atoms with Gasteiger partial charge in [-0.25, -0.2) is 4.98 Å². The molecule has 3 rings (SSSR count). The number of likely N-dealkylation sites (tertiary alicyclic amines) is 1. The van der Waals surface area contributed by atoms with E-state index in [9.17, 15) is 9.59 Å². The molecule has 0 saturated carbocycles. The molecule has 0 aliphatic carbocycles. The second-order valence-electron chi connectivity index (χ2n) is 5.75. The number of anilines is 1. The van der Waals surface area contributed by atoms with Gasteiger partial charge in [-0.05, 0) is 25.0 Å². The van der Waals surface area contributed by atoms with Crippen molar-refractivity contribution in [1.29, 1.82) is 0 Å². The average Bonchev–Trinajstić information content (AvgIpc) is 2.50. The van der Waals surface area contributed by atoms with Gasteiger partial charge in [-0.2, -0.15) is 0 Å². The number of hydrogen-bond donors (Lipinski definition) is 1. The lowest BCUT2D eigenvalue weighted by molar-refractivity contribution is -0.123.